The summed E-state index contributed by atoms with van der Waals surface area (Å²) in [5.74, 6) is 5.67. The molecular formula is C30H52O2. The van der Waals surface area contributed by atoms with E-state index in [1.165, 1.54) is 44.1 Å². The molecule has 0 saturated heterocycles. The molecule has 184 valence electrons. The molecule has 0 aromatic rings. The van der Waals surface area contributed by atoms with Gasteiger partial charge in [-0.25, -0.2) is 0 Å². The summed E-state index contributed by atoms with van der Waals surface area (Å²) in [7, 11) is 0. The molecule has 0 bridgehead atoms. The number of rotatable bonds is 6. The van der Waals surface area contributed by atoms with E-state index in [1.54, 1.807) is 0 Å². The molecule has 2 N–H and O–H groups in total. The summed E-state index contributed by atoms with van der Waals surface area (Å²) in [6.07, 6.45) is 12.5. The van der Waals surface area contributed by atoms with Crippen LogP contribution >= 0.6 is 0 Å². The van der Waals surface area contributed by atoms with Crippen molar-refractivity contribution in [2.24, 2.45) is 58.2 Å². The van der Waals surface area contributed by atoms with Gasteiger partial charge in [-0.2, -0.15) is 0 Å². The normalized spacial score (nSPS) is 44.9. The van der Waals surface area contributed by atoms with Gasteiger partial charge in [0, 0.05) is 0 Å². The van der Waals surface area contributed by atoms with Crippen molar-refractivity contribution in [1.29, 1.82) is 0 Å². The van der Waals surface area contributed by atoms with Gasteiger partial charge in [-0.15, -0.1) is 0 Å². The third-order valence-electron chi connectivity index (χ3n) is 11.5. The lowest BCUT2D eigenvalue weighted by atomic mass is 9.46. The van der Waals surface area contributed by atoms with E-state index in [1.807, 2.05) is 0 Å². The van der Waals surface area contributed by atoms with Crippen molar-refractivity contribution in [1.82, 2.24) is 0 Å². The van der Waals surface area contributed by atoms with Gasteiger partial charge < -0.3 is 10.2 Å². The Labute approximate surface area is 198 Å². The van der Waals surface area contributed by atoms with E-state index in [0.29, 0.717) is 23.2 Å². The van der Waals surface area contributed by atoms with E-state index in [9.17, 15) is 10.2 Å². The highest BCUT2D eigenvalue weighted by molar-refractivity contribution is 5.27. The second-order valence-corrected chi connectivity index (χ2v) is 13.7. The molecule has 0 heterocycles. The fraction of sp³-hybridized carbons (Fsp3) is 0.933. The van der Waals surface area contributed by atoms with Gasteiger partial charge in [0.05, 0.1) is 12.2 Å². The lowest BCUT2D eigenvalue weighted by molar-refractivity contribution is -0.0972. The van der Waals surface area contributed by atoms with E-state index < -0.39 is 0 Å². The van der Waals surface area contributed by atoms with Gasteiger partial charge in [0.2, 0.25) is 0 Å². The van der Waals surface area contributed by atoms with Gasteiger partial charge in [-0.3, -0.25) is 0 Å². The minimum absolute atomic E-state index is 0.204. The van der Waals surface area contributed by atoms with Crippen LogP contribution in [-0.2, 0) is 0 Å². The second kappa shape index (κ2) is 9.03. The first kappa shape index (κ1) is 24.8. The molecule has 4 unspecified atom stereocenters. The number of hydrogen-bond donors (Lipinski definition) is 2. The molecule has 4 aliphatic rings. The number of hydrogen-bond acceptors (Lipinski definition) is 2. The number of fused-ring (bicyclic) bond motifs is 5. The summed E-state index contributed by atoms with van der Waals surface area (Å²) in [5, 5.41) is 21.6. The zero-order chi connectivity index (χ0) is 23.4. The van der Waals surface area contributed by atoms with Crippen molar-refractivity contribution in [3.05, 3.63) is 11.6 Å². The lowest BCUT2D eigenvalue weighted by Crippen LogP contribution is -2.55. The quantitative estimate of drug-likeness (QED) is 0.424. The second-order valence-electron chi connectivity index (χ2n) is 13.7. The fourth-order valence-corrected chi connectivity index (χ4v) is 9.70. The average Bonchev–Trinajstić information content (AvgIpc) is 3.06. The van der Waals surface area contributed by atoms with Crippen LogP contribution in [0, 0.1) is 58.2 Å². The first-order valence-corrected chi connectivity index (χ1v) is 14.1. The van der Waals surface area contributed by atoms with Gasteiger partial charge in [0.25, 0.3) is 0 Å². The molecule has 0 aliphatic heterocycles. The molecule has 0 amide bonds. The van der Waals surface area contributed by atoms with Crippen molar-refractivity contribution in [3.8, 4) is 0 Å². The SMILES string of the molecule is CC(C)C(CCC(C)[C@H]1CCC2C3C(CC[C@@]21C)[C@@]1(C)CC[C@H](O)CC1=C[C@H]3O)C(C)C. The van der Waals surface area contributed by atoms with E-state index in [-0.39, 0.29) is 17.6 Å². The predicted molar refractivity (Wildman–Crippen MR) is 134 cm³/mol. The Kier molecular flexibility index (Phi) is 6.99. The molecule has 0 aromatic carbocycles. The Morgan fingerprint density at radius 1 is 0.875 bits per heavy atom. The van der Waals surface area contributed by atoms with Gasteiger partial charge in [-0.1, -0.05) is 66.5 Å². The molecule has 9 atom stereocenters. The maximum absolute atomic E-state index is 11.4. The topological polar surface area (TPSA) is 40.5 Å². The van der Waals surface area contributed by atoms with Crippen LogP contribution in [0.1, 0.15) is 106 Å². The Bertz CT molecular complexity index is 687. The van der Waals surface area contributed by atoms with Crippen molar-refractivity contribution in [3.63, 3.8) is 0 Å². The average molecular weight is 445 g/mol. The molecule has 3 fully saturated rings. The largest absolute Gasteiger partial charge is 0.393 e. The van der Waals surface area contributed by atoms with Gasteiger partial charge >= 0.3 is 0 Å². The van der Waals surface area contributed by atoms with Crippen LogP contribution in [0.4, 0.5) is 0 Å². The van der Waals surface area contributed by atoms with E-state index >= 15 is 0 Å². The van der Waals surface area contributed by atoms with Crippen molar-refractivity contribution in [2.75, 3.05) is 0 Å². The van der Waals surface area contributed by atoms with Gasteiger partial charge in [-0.05, 0) is 110 Å². The minimum Gasteiger partial charge on any atom is -0.393 e. The summed E-state index contributed by atoms with van der Waals surface area (Å²) in [5.41, 5.74) is 1.96. The monoisotopic (exact) mass is 444 g/mol. The third-order valence-corrected chi connectivity index (χ3v) is 11.5. The first-order chi connectivity index (χ1) is 15.0. The van der Waals surface area contributed by atoms with E-state index in [0.717, 1.165) is 48.9 Å². The molecule has 4 rings (SSSR count). The van der Waals surface area contributed by atoms with Gasteiger partial charge in [0.15, 0.2) is 0 Å². The zero-order valence-corrected chi connectivity index (χ0v) is 22.1. The fourth-order valence-electron chi connectivity index (χ4n) is 9.70. The van der Waals surface area contributed by atoms with Crippen LogP contribution in [0.25, 0.3) is 0 Å². The molecule has 4 aliphatic carbocycles. The van der Waals surface area contributed by atoms with Crippen LogP contribution < -0.4 is 0 Å². The van der Waals surface area contributed by atoms with Crippen LogP contribution in [-0.4, -0.2) is 22.4 Å². The van der Waals surface area contributed by atoms with Crippen LogP contribution in [0.3, 0.4) is 0 Å². The Morgan fingerprint density at radius 3 is 2.22 bits per heavy atom. The highest BCUT2D eigenvalue weighted by Gasteiger charge is 2.61. The van der Waals surface area contributed by atoms with Crippen molar-refractivity contribution < 1.29 is 10.2 Å². The summed E-state index contributed by atoms with van der Waals surface area (Å²) >= 11 is 0. The number of aliphatic hydroxyl groups excluding tert-OH is 2. The minimum atomic E-state index is -0.307. The highest BCUT2D eigenvalue weighted by Crippen LogP contribution is 2.67. The molecule has 0 radical (unpaired) electrons. The molecule has 32 heavy (non-hydrogen) atoms. The van der Waals surface area contributed by atoms with Gasteiger partial charge in [0.1, 0.15) is 0 Å². The Morgan fingerprint density at radius 2 is 1.56 bits per heavy atom. The zero-order valence-electron chi connectivity index (χ0n) is 22.1. The molecule has 2 nitrogen and oxygen atoms in total. The third kappa shape index (κ3) is 4.04. The van der Waals surface area contributed by atoms with Crippen molar-refractivity contribution >= 4 is 0 Å². The maximum Gasteiger partial charge on any atom is 0.0757 e. The molecule has 2 heteroatoms. The Hall–Kier alpha value is -0.340. The molecule has 0 spiro atoms. The molecule has 0 aromatic heterocycles. The van der Waals surface area contributed by atoms with Crippen molar-refractivity contribution in [2.45, 2.75) is 118 Å². The highest BCUT2D eigenvalue weighted by atomic mass is 16.3. The standard InChI is InChI=1S/C30H52O2/c1-18(2)23(19(3)4)9-8-20(5)24-10-11-25-28-26(13-15-30(24,25)7)29(6)14-12-22(31)16-21(29)17-27(28)32/h17-20,22-28,31-32H,8-16H2,1-7H3/t20?,22-,24+,25?,26?,27+,28?,29-,30+/m0/s1. The number of aliphatic hydroxyl groups is 2. The summed E-state index contributed by atoms with van der Waals surface area (Å²) < 4.78 is 0. The summed E-state index contributed by atoms with van der Waals surface area (Å²) in [6.45, 7) is 17.2. The smallest absolute Gasteiger partial charge is 0.0757 e. The summed E-state index contributed by atoms with van der Waals surface area (Å²) in [6, 6.07) is 0. The van der Waals surface area contributed by atoms with E-state index in [2.05, 4.69) is 54.5 Å². The summed E-state index contributed by atoms with van der Waals surface area (Å²) in [4.78, 5) is 0. The van der Waals surface area contributed by atoms with Crippen LogP contribution in [0.2, 0.25) is 0 Å². The molecule has 3 saturated carbocycles. The Balaban J connectivity index is 1.51. The first-order valence-electron chi connectivity index (χ1n) is 14.1. The van der Waals surface area contributed by atoms with Crippen LogP contribution in [0.5, 0.6) is 0 Å². The molecular weight excluding hydrogens is 392 g/mol. The van der Waals surface area contributed by atoms with E-state index in [4.69, 9.17) is 0 Å². The lowest BCUT2D eigenvalue weighted by Gasteiger charge is -2.59. The maximum atomic E-state index is 11.4. The predicted octanol–water partition coefficient (Wildman–Crippen LogP) is 7.24. The van der Waals surface area contributed by atoms with Crippen LogP contribution in [0.15, 0.2) is 11.6 Å².